The van der Waals surface area contributed by atoms with Crippen LogP contribution in [0.15, 0.2) is 23.1 Å². The van der Waals surface area contributed by atoms with E-state index < -0.39 is 10.0 Å². The highest BCUT2D eigenvalue weighted by Gasteiger charge is 2.32. The summed E-state index contributed by atoms with van der Waals surface area (Å²) >= 11 is 0. The molecule has 2 rings (SSSR count). The van der Waals surface area contributed by atoms with Crippen molar-refractivity contribution in [2.45, 2.75) is 44.0 Å². The minimum Gasteiger partial charge on any atom is -0.497 e. The summed E-state index contributed by atoms with van der Waals surface area (Å²) in [4.78, 5) is 0.389. The van der Waals surface area contributed by atoms with Gasteiger partial charge >= 0.3 is 0 Å². The summed E-state index contributed by atoms with van der Waals surface area (Å²) in [6.07, 6.45) is 2.56. The molecule has 1 aliphatic heterocycles. The van der Waals surface area contributed by atoms with Gasteiger partial charge in [0.05, 0.1) is 12.0 Å². The standard InChI is InChI=1S/C16H26N2O3S/c1-4-11-18(14-7-9-17-10-8-14)22(19,20)16-6-5-15(21-3)12-13(16)2/h5-6,12,14,17H,4,7-11H2,1-3H3. The van der Waals surface area contributed by atoms with Crippen LogP contribution in [-0.4, -0.2) is 45.5 Å². The average Bonchev–Trinajstić information content (AvgIpc) is 2.52. The third-order valence-electron chi connectivity index (χ3n) is 4.13. The Balaban J connectivity index is 2.36. The van der Waals surface area contributed by atoms with Gasteiger partial charge in [0.2, 0.25) is 10.0 Å². The predicted octanol–water partition coefficient (Wildman–Crippen LogP) is 2.16. The summed E-state index contributed by atoms with van der Waals surface area (Å²) in [5.74, 6) is 0.681. The van der Waals surface area contributed by atoms with Crippen LogP contribution in [0.4, 0.5) is 0 Å². The van der Waals surface area contributed by atoms with Crippen LogP contribution >= 0.6 is 0 Å². The lowest BCUT2D eigenvalue weighted by Gasteiger charge is -2.34. The summed E-state index contributed by atoms with van der Waals surface area (Å²) in [6, 6.07) is 5.24. The summed E-state index contributed by atoms with van der Waals surface area (Å²) in [5.41, 5.74) is 0.731. The molecule has 1 heterocycles. The number of methoxy groups -OCH3 is 1. The molecule has 1 fully saturated rings. The van der Waals surface area contributed by atoms with E-state index in [2.05, 4.69) is 5.32 Å². The van der Waals surface area contributed by atoms with E-state index in [0.29, 0.717) is 17.2 Å². The number of hydrogen-bond donors (Lipinski definition) is 1. The van der Waals surface area contributed by atoms with E-state index in [1.807, 2.05) is 13.8 Å². The van der Waals surface area contributed by atoms with Gasteiger partial charge in [-0.05, 0) is 63.0 Å². The highest BCUT2D eigenvalue weighted by molar-refractivity contribution is 7.89. The van der Waals surface area contributed by atoms with Crippen LogP contribution in [0.2, 0.25) is 0 Å². The summed E-state index contributed by atoms with van der Waals surface area (Å²) in [5, 5.41) is 3.29. The average molecular weight is 326 g/mol. The molecule has 1 saturated heterocycles. The summed E-state index contributed by atoms with van der Waals surface area (Å²) < 4.78 is 33.1. The quantitative estimate of drug-likeness (QED) is 0.870. The molecule has 0 atom stereocenters. The van der Waals surface area contributed by atoms with E-state index in [1.54, 1.807) is 29.6 Å². The predicted molar refractivity (Wildman–Crippen MR) is 87.8 cm³/mol. The SMILES string of the molecule is CCCN(C1CCNCC1)S(=O)(=O)c1ccc(OC)cc1C. The molecule has 0 amide bonds. The second-order valence-electron chi connectivity index (χ2n) is 5.73. The molecule has 124 valence electrons. The van der Waals surface area contributed by atoms with Crippen LogP contribution in [0.25, 0.3) is 0 Å². The van der Waals surface area contributed by atoms with E-state index in [-0.39, 0.29) is 6.04 Å². The first kappa shape index (κ1) is 17.2. The Labute approximate surface area is 133 Å². The zero-order valence-corrected chi connectivity index (χ0v) is 14.4. The maximum atomic E-state index is 13.1. The first-order chi connectivity index (χ1) is 10.5. The fraction of sp³-hybridized carbons (Fsp3) is 0.625. The smallest absolute Gasteiger partial charge is 0.243 e. The molecule has 1 aromatic rings. The Bertz CT molecular complexity index is 595. The first-order valence-corrected chi connectivity index (χ1v) is 9.32. The molecule has 0 bridgehead atoms. The lowest BCUT2D eigenvalue weighted by molar-refractivity contribution is 0.262. The van der Waals surface area contributed by atoms with Crippen LogP contribution in [-0.2, 0) is 10.0 Å². The fourth-order valence-electron chi connectivity index (χ4n) is 2.98. The van der Waals surface area contributed by atoms with Crippen molar-refractivity contribution in [3.8, 4) is 5.75 Å². The number of piperidine rings is 1. The number of hydrogen-bond acceptors (Lipinski definition) is 4. The minimum atomic E-state index is -3.47. The lowest BCUT2D eigenvalue weighted by Crippen LogP contribution is -2.46. The molecule has 22 heavy (non-hydrogen) atoms. The third kappa shape index (κ3) is 3.62. The molecule has 5 nitrogen and oxygen atoms in total. The zero-order chi connectivity index (χ0) is 16.2. The van der Waals surface area contributed by atoms with E-state index in [1.165, 1.54) is 0 Å². The topological polar surface area (TPSA) is 58.6 Å². The number of rotatable bonds is 6. The number of benzene rings is 1. The highest BCUT2D eigenvalue weighted by atomic mass is 32.2. The van der Waals surface area contributed by atoms with Crippen molar-refractivity contribution in [2.24, 2.45) is 0 Å². The Morgan fingerprint density at radius 3 is 2.55 bits per heavy atom. The van der Waals surface area contributed by atoms with Crippen molar-refractivity contribution in [3.63, 3.8) is 0 Å². The normalized spacial score (nSPS) is 16.9. The van der Waals surface area contributed by atoms with Gasteiger partial charge in [-0.3, -0.25) is 0 Å². The van der Waals surface area contributed by atoms with E-state index in [4.69, 9.17) is 4.74 Å². The number of aryl methyl sites for hydroxylation is 1. The van der Waals surface area contributed by atoms with Crippen molar-refractivity contribution >= 4 is 10.0 Å². The van der Waals surface area contributed by atoms with E-state index in [0.717, 1.165) is 37.9 Å². The van der Waals surface area contributed by atoms with Gasteiger partial charge in [0.1, 0.15) is 5.75 Å². The van der Waals surface area contributed by atoms with Gasteiger partial charge in [0.15, 0.2) is 0 Å². The molecular weight excluding hydrogens is 300 g/mol. The second-order valence-corrected chi connectivity index (χ2v) is 7.59. The molecule has 6 heteroatoms. The van der Waals surface area contributed by atoms with E-state index in [9.17, 15) is 8.42 Å². The number of nitrogens with one attached hydrogen (secondary N) is 1. The van der Waals surface area contributed by atoms with Crippen molar-refractivity contribution < 1.29 is 13.2 Å². The molecule has 1 aromatic carbocycles. The van der Waals surface area contributed by atoms with Gasteiger partial charge in [-0.1, -0.05) is 6.92 Å². The van der Waals surface area contributed by atoms with Crippen LogP contribution in [0.3, 0.4) is 0 Å². The molecular formula is C16H26N2O3S. The molecule has 1 aliphatic rings. The molecule has 0 spiro atoms. The molecule has 0 saturated carbocycles. The minimum absolute atomic E-state index is 0.0905. The molecule has 0 aliphatic carbocycles. The second kappa shape index (κ2) is 7.44. The number of nitrogens with zero attached hydrogens (tertiary/aromatic N) is 1. The van der Waals surface area contributed by atoms with E-state index >= 15 is 0 Å². The summed E-state index contributed by atoms with van der Waals surface area (Å²) in [6.45, 7) is 6.16. The fourth-order valence-corrected chi connectivity index (χ4v) is 4.96. The highest BCUT2D eigenvalue weighted by Crippen LogP contribution is 2.27. The van der Waals surface area contributed by atoms with Crippen LogP contribution in [0.5, 0.6) is 5.75 Å². The molecule has 0 radical (unpaired) electrons. The summed E-state index contributed by atoms with van der Waals surface area (Å²) in [7, 11) is -1.88. The van der Waals surface area contributed by atoms with Gasteiger partial charge in [-0.15, -0.1) is 0 Å². The number of sulfonamides is 1. The third-order valence-corrected chi connectivity index (χ3v) is 6.24. The van der Waals surface area contributed by atoms with Crippen molar-refractivity contribution in [1.29, 1.82) is 0 Å². The number of ether oxygens (including phenoxy) is 1. The zero-order valence-electron chi connectivity index (χ0n) is 13.6. The molecule has 1 N–H and O–H groups in total. The van der Waals surface area contributed by atoms with Gasteiger partial charge in [0, 0.05) is 12.6 Å². The van der Waals surface area contributed by atoms with Gasteiger partial charge in [-0.25, -0.2) is 8.42 Å². The maximum Gasteiger partial charge on any atom is 0.243 e. The van der Waals surface area contributed by atoms with Crippen LogP contribution < -0.4 is 10.1 Å². The van der Waals surface area contributed by atoms with Crippen LogP contribution in [0.1, 0.15) is 31.7 Å². The van der Waals surface area contributed by atoms with Gasteiger partial charge in [-0.2, -0.15) is 4.31 Å². The largest absolute Gasteiger partial charge is 0.497 e. The van der Waals surface area contributed by atoms with Crippen molar-refractivity contribution in [2.75, 3.05) is 26.7 Å². The van der Waals surface area contributed by atoms with Crippen LogP contribution in [0, 0.1) is 6.92 Å². The molecule has 0 unspecified atom stereocenters. The Kier molecular flexibility index (Phi) is 5.83. The van der Waals surface area contributed by atoms with Gasteiger partial charge in [0.25, 0.3) is 0 Å². The maximum absolute atomic E-state index is 13.1. The lowest BCUT2D eigenvalue weighted by atomic mass is 10.1. The Morgan fingerprint density at radius 1 is 1.32 bits per heavy atom. The monoisotopic (exact) mass is 326 g/mol. The van der Waals surface area contributed by atoms with Crippen molar-refractivity contribution in [1.82, 2.24) is 9.62 Å². The van der Waals surface area contributed by atoms with Gasteiger partial charge < -0.3 is 10.1 Å². The first-order valence-electron chi connectivity index (χ1n) is 7.88. The Morgan fingerprint density at radius 2 is 2.00 bits per heavy atom. The van der Waals surface area contributed by atoms with Crippen molar-refractivity contribution in [3.05, 3.63) is 23.8 Å². The Hall–Kier alpha value is -1.11. The molecule has 0 aromatic heterocycles.